The van der Waals surface area contributed by atoms with Gasteiger partial charge in [0.25, 0.3) is 0 Å². The van der Waals surface area contributed by atoms with Crippen molar-refractivity contribution in [1.29, 1.82) is 0 Å². The molecule has 1 heterocycles. The van der Waals surface area contributed by atoms with Gasteiger partial charge in [-0.3, -0.25) is 4.79 Å². The van der Waals surface area contributed by atoms with Crippen LogP contribution in [0.2, 0.25) is 0 Å². The average Bonchev–Trinajstić information content (AvgIpc) is 2.46. The molecule has 0 amide bonds. The Hall–Kier alpha value is -2.23. The van der Waals surface area contributed by atoms with Crippen LogP contribution in [0.5, 0.6) is 5.75 Å². The summed E-state index contributed by atoms with van der Waals surface area (Å²) in [6.45, 7) is 0. The van der Waals surface area contributed by atoms with E-state index in [-0.39, 0.29) is 16.9 Å². The third kappa shape index (κ3) is 1.71. The zero-order valence-corrected chi connectivity index (χ0v) is 9.85. The Labute approximate surface area is 108 Å². The summed E-state index contributed by atoms with van der Waals surface area (Å²) in [6.07, 6.45) is -2.37. The molecule has 0 fully saturated rings. The molecule has 0 aliphatic carbocycles. The highest BCUT2D eigenvalue weighted by Gasteiger charge is 2.52. The largest absolute Gasteiger partial charge is 0.450 e. The van der Waals surface area contributed by atoms with Gasteiger partial charge in [-0.25, -0.2) is 4.39 Å². The van der Waals surface area contributed by atoms with Gasteiger partial charge >= 0.3 is 5.85 Å². The molecule has 0 bridgehead atoms. The Bertz CT molecular complexity index is 627. The summed E-state index contributed by atoms with van der Waals surface area (Å²) in [5.74, 6) is -3.60. The van der Waals surface area contributed by atoms with Gasteiger partial charge < -0.3 is 4.74 Å². The minimum atomic E-state index is -2.77. The number of hydrogen-bond acceptors (Lipinski definition) is 2. The molecule has 4 heteroatoms. The fraction of sp³-hybridized carbons (Fsp3) is 0.133. The first-order valence-electron chi connectivity index (χ1n) is 5.83. The van der Waals surface area contributed by atoms with Gasteiger partial charge in [0.2, 0.25) is 12.0 Å². The number of rotatable bonds is 1. The molecule has 0 saturated carbocycles. The predicted molar refractivity (Wildman–Crippen MR) is 65.5 cm³/mol. The van der Waals surface area contributed by atoms with E-state index in [2.05, 4.69) is 0 Å². The van der Waals surface area contributed by atoms with Crippen LogP contribution in [0.4, 0.5) is 8.78 Å². The van der Waals surface area contributed by atoms with Crippen LogP contribution in [-0.2, 0) is 5.85 Å². The van der Waals surface area contributed by atoms with Crippen molar-refractivity contribution >= 4 is 5.78 Å². The lowest BCUT2D eigenvalue weighted by Crippen LogP contribution is -2.46. The number of halogens is 2. The second-order valence-electron chi connectivity index (χ2n) is 4.34. The first kappa shape index (κ1) is 11.8. The number of ketones is 1. The lowest BCUT2D eigenvalue weighted by atomic mass is 9.92. The van der Waals surface area contributed by atoms with Gasteiger partial charge in [0.1, 0.15) is 5.75 Å². The minimum Gasteiger partial charge on any atom is -0.450 e. The Kier molecular flexibility index (Phi) is 2.59. The summed E-state index contributed by atoms with van der Waals surface area (Å²) in [7, 11) is 0. The molecule has 2 aromatic rings. The average molecular weight is 260 g/mol. The predicted octanol–water partition coefficient (Wildman–Crippen LogP) is 3.42. The maximum Gasteiger partial charge on any atom is 0.312 e. The molecule has 19 heavy (non-hydrogen) atoms. The molecule has 2 nitrogen and oxygen atoms in total. The van der Waals surface area contributed by atoms with E-state index in [9.17, 15) is 13.6 Å². The van der Waals surface area contributed by atoms with Crippen molar-refractivity contribution < 1.29 is 18.3 Å². The van der Waals surface area contributed by atoms with Crippen LogP contribution in [0, 0.1) is 0 Å². The van der Waals surface area contributed by atoms with Crippen LogP contribution in [0.3, 0.4) is 0 Å². The van der Waals surface area contributed by atoms with E-state index < -0.39 is 17.8 Å². The zero-order valence-electron chi connectivity index (χ0n) is 9.85. The van der Waals surface area contributed by atoms with Crippen molar-refractivity contribution in [3.63, 3.8) is 0 Å². The maximum absolute atomic E-state index is 14.8. The SMILES string of the molecule is O=C1c2ccccc2O[C@](F)(c2ccccc2)[C@H]1F. The highest BCUT2D eigenvalue weighted by molar-refractivity contribution is 6.03. The Morgan fingerprint density at radius 1 is 1.00 bits per heavy atom. The lowest BCUT2D eigenvalue weighted by Gasteiger charge is -2.33. The van der Waals surface area contributed by atoms with Gasteiger partial charge in [0.15, 0.2) is 0 Å². The van der Waals surface area contributed by atoms with Crippen molar-refractivity contribution in [1.82, 2.24) is 0 Å². The molecule has 0 spiro atoms. The Balaban J connectivity index is 2.13. The molecule has 96 valence electrons. The highest BCUT2D eigenvalue weighted by Crippen LogP contribution is 2.42. The topological polar surface area (TPSA) is 26.3 Å². The van der Waals surface area contributed by atoms with E-state index in [0.29, 0.717) is 0 Å². The number of para-hydroxylation sites is 1. The van der Waals surface area contributed by atoms with Crippen LogP contribution in [0.1, 0.15) is 15.9 Å². The van der Waals surface area contributed by atoms with Gasteiger partial charge in [-0.2, -0.15) is 4.39 Å². The van der Waals surface area contributed by atoms with Crippen LogP contribution in [0.15, 0.2) is 54.6 Å². The van der Waals surface area contributed by atoms with E-state index in [1.54, 1.807) is 30.3 Å². The van der Waals surface area contributed by atoms with Crippen molar-refractivity contribution in [2.24, 2.45) is 0 Å². The molecule has 2 atom stereocenters. The fourth-order valence-electron chi connectivity index (χ4n) is 2.15. The standard InChI is InChI=1S/C15H10F2O2/c16-14-13(18)11-8-4-5-9-12(11)19-15(14,17)10-6-2-1-3-7-10/h1-9,14H/t14-,15+/m0/s1. The van der Waals surface area contributed by atoms with Crippen LogP contribution < -0.4 is 4.74 Å². The van der Waals surface area contributed by atoms with Crippen molar-refractivity contribution in [3.05, 3.63) is 65.7 Å². The highest BCUT2D eigenvalue weighted by atomic mass is 19.2. The molecule has 0 aromatic heterocycles. The molecular weight excluding hydrogens is 250 g/mol. The van der Waals surface area contributed by atoms with E-state index >= 15 is 0 Å². The number of hydrogen-bond donors (Lipinski definition) is 0. The minimum absolute atomic E-state index is 0.00893. The number of carbonyl (C=O) groups is 1. The first-order valence-corrected chi connectivity index (χ1v) is 5.83. The van der Waals surface area contributed by atoms with Crippen molar-refractivity contribution in [2.75, 3.05) is 0 Å². The molecule has 0 unspecified atom stereocenters. The summed E-state index contributed by atoms with van der Waals surface area (Å²) < 4.78 is 34.1. The number of carbonyl (C=O) groups excluding carboxylic acids is 1. The smallest absolute Gasteiger partial charge is 0.312 e. The van der Waals surface area contributed by atoms with Crippen molar-refractivity contribution in [2.45, 2.75) is 12.0 Å². The number of benzene rings is 2. The van der Waals surface area contributed by atoms with Gasteiger partial charge in [-0.1, -0.05) is 42.5 Å². The van der Waals surface area contributed by atoms with E-state index in [4.69, 9.17) is 4.74 Å². The van der Waals surface area contributed by atoms with Crippen LogP contribution >= 0.6 is 0 Å². The fourth-order valence-corrected chi connectivity index (χ4v) is 2.15. The van der Waals surface area contributed by atoms with Crippen LogP contribution in [0.25, 0.3) is 0 Å². The van der Waals surface area contributed by atoms with E-state index in [1.807, 2.05) is 0 Å². The van der Waals surface area contributed by atoms with Gasteiger partial charge in [-0.05, 0) is 12.1 Å². The molecule has 0 radical (unpaired) electrons. The summed E-state index contributed by atoms with van der Waals surface area (Å²) in [4.78, 5) is 11.9. The van der Waals surface area contributed by atoms with E-state index in [0.717, 1.165) is 0 Å². The van der Waals surface area contributed by atoms with Gasteiger partial charge in [-0.15, -0.1) is 0 Å². The second-order valence-corrected chi connectivity index (χ2v) is 4.34. The Morgan fingerprint density at radius 2 is 1.63 bits per heavy atom. The molecule has 1 aliphatic heterocycles. The number of fused-ring (bicyclic) bond motifs is 1. The third-order valence-electron chi connectivity index (χ3n) is 3.13. The van der Waals surface area contributed by atoms with Gasteiger partial charge in [0.05, 0.1) is 5.56 Å². The summed E-state index contributed by atoms with van der Waals surface area (Å²) in [6, 6.07) is 13.7. The Morgan fingerprint density at radius 3 is 2.37 bits per heavy atom. The summed E-state index contributed by atoms with van der Waals surface area (Å²) in [5, 5.41) is 0. The second kappa shape index (κ2) is 4.16. The summed E-state index contributed by atoms with van der Waals surface area (Å²) in [5.41, 5.74) is 0.0598. The molecule has 1 aliphatic rings. The number of ether oxygens (including phenoxy) is 1. The first-order chi connectivity index (χ1) is 9.13. The number of alkyl halides is 2. The number of Topliss-reactive ketones (excluding diaryl/α,β-unsaturated/α-hetero) is 1. The molecule has 0 saturated heterocycles. The maximum atomic E-state index is 14.8. The monoisotopic (exact) mass is 260 g/mol. The third-order valence-corrected chi connectivity index (χ3v) is 3.13. The normalized spacial score (nSPS) is 25.6. The molecule has 3 rings (SSSR count). The summed E-state index contributed by atoms with van der Waals surface area (Å²) >= 11 is 0. The zero-order chi connectivity index (χ0) is 13.5. The molecular formula is C15H10F2O2. The lowest BCUT2D eigenvalue weighted by molar-refractivity contribution is -0.120. The van der Waals surface area contributed by atoms with E-state index in [1.165, 1.54) is 24.3 Å². The molecule has 0 N–H and O–H groups in total. The molecule has 2 aromatic carbocycles. The van der Waals surface area contributed by atoms with Gasteiger partial charge in [0, 0.05) is 5.56 Å². The van der Waals surface area contributed by atoms with Crippen molar-refractivity contribution in [3.8, 4) is 5.75 Å². The van der Waals surface area contributed by atoms with Crippen LogP contribution in [-0.4, -0.2) is 12.0 Å². The quantitative estimate of drug-likeness (QED) is 0.785.